The average Bonchev–Trinajstić information content (AvgIpc) is 3.11. The fraction of sp³-hybridized carbons (Fsp3) is 0.429. The number of alkyl halides is 3. The largest absolute Gasteiger partial charge is 0.493 e. The molecule has 1 fully saturated rings. The highest BCUT2D eigenvalue weighted by molar-refractivity contribution is 7.92. The van der Waals surface area contributed by atoms with Crippen LogP contribution in [0.1, 0.15) is 17.5 Å². The summed E-state index contributed by atoms with van der Waals surface area (Å²) in [6, 6.07) is 5.74. The molecule has 1 atom stereocenters. The van der Waals surface area contributed by atoms with Crippen molar-refractivity contribution in [2.45, 2.75) is 30.5 Å². The summed E-state index contributed by atoms with van der Waals surface area (Å²) < 4.78 is 84.7. The third-order valence-corrected chi connectivity index (χ3v) is 6.67. The lowest BCUT2D eigenvalue weighted by Crippen LogP contribution is -2.23. The number of hydrogen-bond acceptors (Lipinski definition) is 6. The molecule has 3 rings (SSSR count). The van der Waals surface area contributed by atoms with Crippen LogP contribution in [0.3, 0.4) is 0 Å². The van der Waals surface area contributed by atoms with Crippen LogP contribution in [0, 0.1) is 6.92 Å². The molecule has 0 spiro atoms. The van der Waals surface area contributed by atoms with E-state index in [0.717, 1.165) is 18.2 Å². The van der Waals surface area contributed by atoms with Crippen molar-refractivity contribution in [3.8, 4) is 17.2 Å². The predicted molar refractivity (Wildman–Crippen MR) is 113 cm³/mol. The summed E-state index contributed by atoms with van der Waals surface area (Å²) in [5.74, 6) is 0.151. The Morgan fingerprint density at radius 2 is 1.72 bits per heavy atom. The number of anilines is 1. The highest BCUT2D eigenvalue weighted by Crippen LogP contribution is 2.39. The van der Waals surface area contributed by atoms with E-state index in [0.29, 0.717) is 30.8 Å². The Bertz CT molecular complexity index is 1090. The number of aryl methyl sites for hydroxylation is 1. The number of sulfonamides is 1. The maximum atomic E-state index is 13.5. The lowest BCUT2D eigenvalue weighted by molar-refractivity contribution is -0.139. The molecule has 0 aliphatic carbocycles. The van der Waals surface area contributed by atoms with E-state index in [-0.39, 0.29) is 16.3 Å². The Morgan fingerprint density at radius 3 is 2.28 bits per heavy atom. The first kappa shape index (κ1) is 24.0. The van der Waals surface area contributed by atoms with E-state index in [2.05, 4.69) is 4.72 Å². The van der Waals surface area contributed by atoms with Gasteiger partial charge in [0.15, 0.2) is 11.5 Å². The highest BCUT2D eigenvalue weighted by Gasteiger charge is 2.36. The van der Waals surface area contributed by atoms with E-state index < -0.39 is 33.6 Å². The fourth-order valence-electron chi connectivity index (χ4n) is 3.55. The van der Waals surface area contributed by atoms with Crippen molar-refractivity contribution in [1.82, 2.24) is 4.90 Å². The minimum absolute atomic E-state index is 0.0477. The van der Waals surface area contributed by atoms with Gasteiger partial charge in [-0.3, -0.25) is 4.72 Å². The molecule has 176 valence electrons. The van der Waals surface area contributed by atoms with Crippen molar-refractivity contribution < 1.29 is 35.8 Å². The number of halogens is 3. The van der Waals surface area contributed by atoms with Crippen LogP contribution in [0.4, 0.5) is 18.9 Å². The molecule has 1 saturated heterocycles. The van der Waals surface area contributed by atoms with Gasteiger partial charge in [0, 0.05) is 25.2 Å². The van der Waals surface area contributed by atoms with E-state index in [4.69, 9.17) is 14.2 Å². The van der Waals surface area contributed by atoms with Crippen LogP contribution in [-0.2, 0) is 16.2 Å². The van der Waals surface area contributed by atoms with Crippen LogP contribution >= 0.6 is 0 Å². The van der Waals surface area contributed by atoms with Gasteiger partial charge in [-0.25, -0.2) is 8.42 Å². The van der Waals surface area contributed by atoms with Gasteiger partial charge < -0.3 is 19.1 Å². The minimum Gasteiger partial charge on any atom is -0.493 e. The molecule has 0 saturated carbocycles. The summed E-state index contributed by atoms with van der Waals surface area (Å²) in [7, 11) is 0.516. The van der Waals surface area contributed by atoms with E-state index in [9.17, 15) is 21.6 Å². The van der Waals surface area contributed by atoms with Crippen LogP contribution < -0.4 is 18.9 Å². The van der Waals surface area contributed by atoms with E-state index in [1.54, 1.807) is 6.92 Å². The molecule has 0 unspecified atom stereocenters. The number of nitrogens with one attached hydrogen (secondary N) is 1. The molecule has 7 nitrogen and oxygen atoms in total. The molecule has 0 aromatic heterocycles. The molecular formula is C21H25F3N2O5S. The van der Waals surface area contributed by atoms with Gasteiger partial charge in [-0.05, 0) is 44.2 Å². The first-order chi connectivity index (χ1) is 14.9. The first-order valence-electron chi connectivity index (χ1n) is 9.76. The first-order valence-corrected chi connectivity index (χ1v) is 11.2. The summed E-state index contributed by atoms with van der Waals surface area (Å²) in [5, 5.41) is 0. The third-order valence-electron chi connectivity index (χ3n) is 5.15. The molecule has 2 aromatic carbocycles. The van der Waals surface area contributed by atoms with Crippen LogP contribution in [0.25, 0.3) is 0 Å². The maximum absolute atomic E-state index is 13.5. The van der Waals surface area contributed by atoms with Crippen LogP contribution in [0.2, 0.25) is 0 Å². The summed E-state index contributed by atoms with van der Waals surface area (Å²) in [5.41, 5.74) is -0.627. The quantitative estimate of drug-likeness (QED) is 0.656. The highest BCUT2D eigenvalue weighted by atomic mass is 32.2. The van der Waals surface area contributed by atoms with Gasteiger partial charge in [-0.1, -0.05) is 0 Å². The van der Waals surface area contributed by atoms with Gasteiger partial charge >= 0.3 is 6.18 Å². The molecule has 1 aliphatic rings. The Kier molecular flexibility index (Phi) is 6.80. The summed E-state index contributed by atoms with van der Waals surface area (Å²) in [4.78, 5) is 1.86. The van der Waals surface area contributed by atoms with Crippen molar-refractivity contribution in [2.24, 2.45) is 0 Å². The number of benzene rings is 2. The van der Waals surface area contributed by atoms with Crippen molar-refractivity contribution in [3.05, 3.63) is 41.5 Å². The molecular weight excluding hydrogens is 449 g/mol. The molecule has 1 aliphatic heterocycles. The van der Waals surface area contributed by atoms with Crippen LogP contribution in [0.15, 0.2) is 35.2 Å². The number of methoxy groups -OCH3 is 2. The number of ether oxygens (including phenoxy) is 3. The number of likely N-dealkylation sites (tertiary alicyclic amines) is 1. The predicted octanol–water partition coefficient (Wildman–Crippen LogP) is 3.91. The number of nitrogens with zero attached hydrogens (tertiary/aromatic N) is 1. The maximum Gasteiger partial charge on any atom is 0.419 e. The smallest absolute Gasteiger partial charge is 0.419 e. The second-order valence-corrected chi connectivity index (χ2v) is 9.23. The Morgan fingerprint density at radius 1 is 1.06 bits per heavy atom. The average molecular weight is 475 g/mol. The Labute approximate surface area is 185 Å². The van der Waals surface area contributed by atoms with Gasteiger partial charge in [0.1, 0.15) is 11.9 Å². The number of rotatable bonds is 7. The topological polar surface area (TPSA) is 77.1 Å². The van der Waals surface area contributed by atoms with Gasteiger partial charge in [0.2, 0.25) is 0 Å². The zero-order chi connectivity index (χ0) is 23.7. The monoisotopic (exact) mass is 474 g/mol. The molecule has 32 heavy (non-hydrogen) atoms. The lowest BCUT2D eigenvalue weighted by atomic mass is 10.1. The van der Waals surface area contributed by atoms with Gasteiger partial charge in [-0.2, -0.15) is 13.2 Å². The summed E-state index contributed by atoms with van der Waals surface area (Å²) >= 11 is 0. The molecule has 1 N–H and O–H groups in total. The molecule has 11 heteroatoms. The van der Waals surface area contributed by atoms with Gasteiger partial charge in [0.05, 0.1) is 30.4 Å². The summed E-state index contributed by atoms with van der Waals surface area (Å²) in [6.07, 6.45) is -4.48. The molecule has 2 aromatic rings. The SMILES string of the molecule is COc1cc(C)c(S(=O)(=O)Nc2ccc(C(F)(F)F)c(O[C@@H]3CCN(C)C3)c2)cc1OC. The van der Waals surface area contributed by atoms with Crippen molar-refractivity contribution in [1.29, 1.82) is 0 Å². The van der Waals surface area contributed by atoms with Crippen molar-refractivity contribution in [3.63, 3.8) is 0 Å². The molecule has 0 amide bonds. The van der Waals surface area contributed by atoms with Crippen molar-refractivity contribution >= 4 is 15.7 Å². The molecule has 1 heterocycles. The third kappa shape index (κ3) is 5.21. The second-order valence-electron chi connectivity index (χ2n) is 7.58. The van der Waals surface area contributed by atoms with Crippen LogP contribution in [0.5, 0.6) is 17.2 Å². The zero-order valence-corrected chi connectivity index (χ0v) is 18.9. The van der Waals surface area contributed by atoms with Crippen LogP contribution in [-0.4, -0.2) is 53.8 Å². The van der Waals surface area contributed by atoms with E-state index >= 15 is 0 Å². The summed E-state index contributed by atoms with van der Waals surface area (Å²) in [6.45, 7) is 2.77. The van der Waals surface area contributed by atoms with Crippen molar-refractivity contribution in [2.75, 3.05) is 39.1 Å². The van der Waals surface area contributed by atoms with E-state index in [1.165, 1.54) is 26.4 Å². The Balaban J connectivity index is 1.95. The standard InChI is InChI=1S/C21H25F3N2O5S/c1-13-9-18(29-3)19(30-4)11-20(13)32(27,28)25-14-5-6-16(21(22,23)24)17(10-14)31-15-7-8-26(2)12-15/h5-6,9-11,15,25H,7-8,12H2,1-4H3/t15-/m1/s1. The normalized spacial score (nSPS) is 17.3. The minimum atomic E-state index is -4.64. The lowest BCUT2D eigenvalue weighted by Gasteiger charge is -2.20. The fourth-order valence-corrected chi connectivity index (χ4v) is 4.84. The number of hydrogen-bond donors (Lipinski definition) is 1. The van der Waals surface area contributed by atoms with Gasteiger partial charge in [-0.15, -0.1) is 0 Å². The zero-order valence-electron chi connectivity index (χ0n) is 18.1. The molecule has 0 bridgehead atoms. The second kappa shape index (κ2) is 9.07. The van der Waals surface area contributed by atoms with E-state index in [1.807, 2.05) is 11.9 Å². The Hall–Kier alpha value is -2.66. The van der Waals surface area contributed by atoms with Gasteiger partial charge in [0.25, 0.3) is 10.0 Å². The number of likely N-dealkylation sites (N-methyl/N-ethyl adjacent to an activating group) is 1. The molecule has 0 radical (unpaired) electrons.